The predicted molar refractivity (Wildman–Crippen MR) is 58.8 cm³/mol. The van der Waals surface area contributed by atoms with E-state index in [9.17, 15) is 22.0 Å². The van der Waals surface area contributed by atoms with E-state index in [1.165, 1.54) is 0 Å². The van der Waals surface area contributed by atoms with E-state index >= 15 is 0 Å². The van der Waals surface area contributed by atoms with Crippen molar-refractivity contribution in [1.82, 2.24) is 0 Å². The lowest BCUT2D eigenvalue weighted by molar-refractivity contribution is 0.380. The van der Waals surface area contributed by atoms with Crippen LogP contribution < -0.4 is 5.32 Å². The van der Waals surface area contributed by atoms with Crippen LogP contribution in [0.15, 0.2) is 0 Å². The molecule has 1 aromatic carbocycles. The smallest absolute Gasteiger partial charge is 0.200 e. The zero-order valence-corrected chi connectivity index (χ0v) is 10.1. The minimum atomic E-state index is -2.14. The molecule has 1 rings (SSSR count). The van der Waals surface area contributed by atoms with Gasteiger partial charge in [0, 0.05) is 6.04 Å². The fraction of sp³-hybridized carbons (Fsp3) is 0.500. The minimum absolute atomic E-state index is 0.377. The van der Waals surface area contributed by atoms with Gasteiger partial charge in [-0.1, -0.05) is 19.8 Å². The second-order valence-corrected chi connectivity index (χ2v) is 4.13. The number of halogens is 5. The average molecular weight is 267 g/mol. The van der Waals surface area contributed by atoms with E-state index in [2.05, 4.69) is 5.32 Å². The number of anilines is 1. The lowest BCUT2D eigenvalue weighted by atomic mass is 10.1. The molecular weight excluding hydrogens is 253 g/mol. The van der Waals surface area contributed by atoms with Gasteiger partial charge < -0.3 is 5.32 Å². The van der Waals surface area contributed by atoms with E-state index in [1.54, 1.807) is 6.92 Å². The normalized spacial score (nSPS) is 12.6. The summed E-state index contributed by atoms with van der Waals surface area (Å²) in [5.41, 5.74) is -0.963. The molecule has 102 valence electrons. The van der Waals surface area contributed by atoms with E-state index in [0.29, 0.717) is 6.42 Å². The van der Waals surface area contributed by atoms with E-state index in [4.69, 9.17) is 0 Å². The third-order valence-corrected chi connectivity index (χ3v) is 2.59. The molecule has 1 unspecified atom stereocenters. The molecule has 6 heteroatoms. The van der Waals surface area contributed by atoms with E-state index < -0.39 is 34.8 Å². The number of hydrogen-bond donors (Lipinski definition) is 1. The molecule has 0 saturated heterocycles. The largest absolute Gasteiger partial charge is 0.378 e. The van der Waals surface area contributed by atoms with Crippen molar-refractivity contribution in [2.75, 3.05) is 5.32 Å². The summed E-state index contributed by atoms with van der Waals surface area (Å²) in [7, 11) is 0. The van der Waals surface area contributed by atoms with Crippen LogP contribution in [-0.2, 0) is 0 Å². The van der Waals surface area contributed by atoms with Crippen LogP contribution in [-0.4, -0.2) is 6.04 Å². The van der Waals surface area contributed by atoms with Crippen molar-refractivity contribution in [3.63, 3.8) is 0 Å². The van der Waals surface area contributed by atoms with Crippen molar-refractivity contribution in [2.24, 2.45) is 0 Å². The van der Waals surface area contributed by atoms with Crippen LogP contribution in [0.25, 0.3) is 0 Å². The van der Waals surface area contributed by atoms with Gasteiger partial charge in [0.1, 0.15) is 5.69 Å². The van der Waals surface area contributed by atoms with Gasteiger partial charge in [-0.3, -0.25) is 0 Å². The van der Waals surface area contributed by atoms with Crippen LogP contribution in [0.5, 0.6) is 0 Å². The molecule has 1 atom stereocenters. The van der Waals surface area contributed by atoms with Crippen molar-refractivity contribution in [3.8, 4) is 0 Å². The second kappa shape index (κ2) is 6.02. The molecule has 0 aliphatic rings. The summed E-state index contributed by atoms with van der Waals surface area (Å²) in [5, 5.41) is 2.33. The molecule has 0 radical (unpaired) electrons. The Labute approximate surface area is 102 Å². The van der Waals surface area contributed by atoms with E-state index in [1.807, 2.05) is 6.92 Å². The maximum absolute atomic E-state index is 13.3. The van der Waals surface area contributed by atoms with Gasteiger partial charge in [0.15, 0.2) is 23.3 Å². The van der Waals surface area contributed by atoms with Gasteiger partial charge in [-0.25, -0.2) is 22.0 Å². The van der Waals surface area contributed by atoms with Crippen LogP contribution in [0.3, 0.4) is 0 Å². The predicted octanol–water partition coefficient (Wildman–Crippen LogP) is 4.37. The number of benzene rings is 1. The Balaban J connectivity index is 3.02. The highest BCUT2D eigenvalue weighted by atomic mass is 19.2. The van der Waals surface area contributed by atoms with E-state index in [-0.39, 0.29) is 6.04 Å². The van der Waals surface area contributed by atoms with Gasteiger partial charge in [-0.15, -0.1) is 0 Å². The Morgan fingerprint density at radius 3 is 1.78 bits per heavy atom. The molecule has 1 N–H and O–H groups in total. The maximum Gasteiger partial charge on any atom is 0.200 e. The third-order valence-electron chi connectivity index (χ3n) is 2.59. The van der Waals surface area contributed by atoms with Crippen LogP contribution in [0.4, 0.5) is 27.6 Å². The first-order valence-electron chi connectivity index (χ1n) is 5.68. The zero-order chi connectivity index (χ0) is 13.9. The molecule has 1 aromatic rings. The monoisotopic (exact) mass is 267 g/mol. The summed E-state index contributed by atoms with van der Waals surface area (Å²) < 4.78 is 65.2. The van der Waals surface area contributed by atoms with Crippen molar-refractivity contribution in [1.29, 1.82) is 0 Å². The third kappa shape index (κ3) is 2.91. The Kier molecular flexibility index (Phi) is 4.93. The van der Waals surface area contributed by atoms with Gasteiger partial charge in [0.05, 0.1) is 0 Å². The molecule has 0 saturated carbocycles. The van der Waals surface area contributed by atoms with Crippen molar-refractivity contribution in [2.45, 2.75) is 39.2 Å². The van der Waals surface area contributed by atoms with Crippen molar-refractivity contribution >= 4 is 5.69 Å². The van der Waals surface area contributed by atoms with Gasteiger partial charge in [0.2, 0.25) is 5.82 Å². The first kappa shape index (κ1) is 14.7. The molecule has 0 aromatic heterocycles. The molecular formula is C12H14F5N. The van der Waals surface area contributed by atoms with E-state index in [0.717, 1.165) is 12.8 Å². The molecule has 0 amide bonds. The molecule has 0 fully saturated rings. The highest BCUT2D eigenvalue weighted by Crippen LogP contribution is 2.27. The SMILES string of the molecule is CCCCC(C)Nc1c(F)c(F)c(F)c(F)c1F. The molecule has 18 heavy (non-hydrogen) atoms. The van der Waals surface area contributed by atoms with Crippen LogP contribution >= 0.6 is 0 Å². The average Bonchev–Trinajstić information content (AvgIpc) is 2.36. The second-order valence-electron chi connectivity index (χ2n) is 4.13. The lowest BCUT2D eigenvalue weighted by Gasteiger charge is -2.16. The first-order valence-corrected chi connectivity index (χ1v) is 5.68. The Morgan fingerprint density at radius 1 is 0.889 bits per heavy atom. The minimum Gasteiger partial charge on any atom is -0.378 e. The Morgan fingerprint density at radius 2 is 1.33 bits per heavy atom. The van der Waals surface area contributed by atoms with Gasteiger partial charge in [0.25, 0.3) is 0 Å². The highest BCUT2D eigenvalue weighted by molar-refractivity contribution is 5.48. The van der Waals surface area contributed by atoms with Crippen molar-refractivity contribution < 1.29 is 22.0 Å². The van der Waals surface area contributed by atoms with Gasteiger partial charge in [-0.2, -0.15) is 0 Å². The summed E-state index contributed by atoms with van der Waals surface area (Å²) in [6, 6.07) is -0.377. The summed E-state index contributed by atoms with van der Waals surface area (Å²) in [6.45, 7) is 3.55. The summed E-state index contributed by atoms with van der Waals surface area (Å²) >= 11 is 0. The quantitative estimate of drug-likeness (QED) is 0.474. The number of unbranched alkanes of at least 4 members (excludes halogenated alkanes) is 1. The number of rotatable bonds is 5. The molecule has 1 nitrogen and oxygen atoms in total. The topological polar surface area (TPSA) is 12.0 Å². The van der Waals surface area contributed by atoms with Gasteiger partial charge in [-0.05, 0) is 13.3 Å². The fourth-order valence-corrected chi connectivity index (χ4v) is 1.56. The first-order chi connectivity index (χ1) is 8.40. The van der Waals surface area contributed by atoms with Gasteiger partial charge >= 0.3 is 0 Å². The summed E-state index contributed by atoms with van der Waals surface area (Å²) in [4.78, 5) is 0. The Hall–Kier alpha value is -1.33. The summed E-state index contributed by atoms with van der Waals surface area (Å²) in [5.74, 6) is -9.65. The highest BCUT2D eigenvalue weighted by Gasteiger charge is 2.26. The number of nitrogens with one attached hydrogen (secondary N) is 1. The fourth-order valence-electron chi connectivity index (χ4n) is 1.56. The van der Waals surface area contributed by atoms with Crippen LogP contribution in [0, 0.1) is 29.1 Å². The zero-order valence-electron chi connectivity index (χ0n) is 10.1. The van der Waals surface area contributed by atoms with Crippen molar-refractivity contribution in [3.05, 3.63) is 29.1 Å². The molecule has 0 aliphatic carbocycles. The molecule has 0 spiro atoms. The lowest BCUT2D eigenvalue weighted by Crippen LogP contribution is -2.19. The molecule has 0 heterocycles. The standard InChI is InChI=1S/C12H14F5N/c1-3-4-5-6(2)18-12-10(16)8(14)7(13)9(15)11(12)17/h6,18H,3-5H2,1-2H3. The molecule has 0 aliphatic heterocycles. The van der Waals surface area contributed by atoms with Crippen LogP contribution in [0.2, 0.25) is 0 Å². The number of hydrogen-bond acceptors (Lipinski definition) is 1. The van der Waals surface area contributed by atoms with Crippen LogP contribution in [0.1, 0.15) is 33.1 Å². The molecule has 0 bridgehead atoms. The maximum atomic E-state index is 13.3. The summed E-state index contributed by atoms with van der Waals surface area (Å²) in [6.07, 6.45) is 2.25. The Bertz CT molecular complexity index is 404.